The number of ether oxygens (including phenoxy) is 5. The molecule has 0 saturated heterocycles. The number of amides is 1. The van der Waals surface area contributed by atoms with Crippen molar-refractivity contribution in [3.05, 3.63) is 56.9 Å². The van der Waals surface area contributed by atoms with Crippen LogP contribution < -0.4 is 15.6 Å². The fraction of sp³-hybridized carbons (Fsp3) is 0.471. The van der Waals surface area contributed by atoms with Crippen molar-refractivity contribution >= 4 is 35.3 Å². The molecule has 0 atom stereocenters. The van der Waals surface area contributed by atoms with E-state index < -0.39 is 48.7 Å². The SMILES string of the molecule is CC.CCc1c2c(nc3ccc(OC(=O)OC(C)(C)C)cc13)-c1cc(C)c(COC(=O)OC(=O)CNC(=O)OC(C)(C)C)c(=O)n1C2. The molecule has 2 aromatic heterocycles. The van der Waals surface area contributed by atoms with Crippen LogP contribution in [0.4, 0.5) is 14.4 Å². The number of aromatic nitrogens is 2. The van der Waals surface area contributed by atoms with Gasteiger partial charge >= 0.3 is 24.4 Å². The highest BCUT2D eigenvalue weighted by Gasteiger charge is 2.28. The van der Waals surface area contributed by atoms with Crippen molar-refractivity contribution < 1.29 is 42.9 Å². The van der Waals surface area contributed by atoms with E-state index in [0.29, 0.717) is 34.6 Å². The summed E-state index contributed by atoms with van der Waals surface area (Å²) in [6.45, 7) is 17.1. The number of nitrogens with zero attached hydrogens (tertiary/aromatic N) is 2. The maximum atomic E-state index is 13.6. The molecule has 1 aromatic carbocycles. The van der Waals surface area contributed by atoms with E-state index in [9.17, 15) is 24.0 Å². The van der Waals surface area contributed by atoms with Crippen LogP contribution in [0.3, 0.4) is 0 Å². The Bertz CT molecular complexity index is 1750. The smallest absolute Gasteiger partial charge is 0.444 e. The number of benzene rings is 1. The molecule has 3 aromatic rings. The first-order valence-electron chi connectivity index (χ1n) is 15.4. The molecule has 0 spiro atoms. The van der Waals surface area contributed by atoms with Crippen molar-refractivity contribution in [1.82, 2.24) is 14.9 Å². The van der Waals surface area contributed by atoms with Gasteiger partial charge < -0.3 is 33.6 Å². The van der Waals surface area contributed by atoms with Gasteiger partial charge in [0.25, 0.3) is 5.56 Å². The molecule has 3 heterocycles. The number of alkyl carbamates (subject to hydrolysis) is 1. The monoisotopic (exact) mass is 653 g/mol. The lowest BCUT2D eigenvalue weighted by Crippen LogP contribution is -2.36. The van der Waals surface area contributed by atoms with Gasteiger partial charge in [-0.15, -0.1) is 0 Å². The van der Waals surface area contributed by atoms with E-state index in [1.807, 2.05) is 20.8 Å². The second-order valence-electron chi connectivity index (χ2n) is 12.5. The molecule has 1 aliphatic rings. The van der Waals surface area contributed by atoms with Crippen molar-refractivity contribution in [2.45, 2.75) is 100 Å². The van der Waals surface area contributed by atoms with Crippen molar-refractivity contribution in [3.63, 3.8) is 0 Å². The van der Waals surface area contributed by atoms with Gasteiger partial charge in [0.1, 0.15) is 30.1 Å². The second kappa shape index (κ2) is 14.7. The van der Waals surface area contributed by atoms with Crippen LogP contribution in [0.1, 0.15) is 84.6 Å². The Hall–Kier alpha value is -4.94. The quantitative estimate of drug-likeness (QED) is 0.107. The van der Waals surface area contributed by atoms with Gasteiger partial charge in [-0.05, 0) is 90.3 Å². The summed E-state index contributed by atoms with van der Waals surface area (Å²) in [5.41, 5.74) is 2.67. The van der Waals surface area contributed by atoms with Crippen LogP contribution in [0.5, 0.6) is 5.75 Å². The van der Waals surface area contributed by atoms with Crippen LogP contribution in [0.25, 0.3) is 22.3 Å². The van der Waals surface area contributed by atoms with E-state index in [-0.39, 0.29) is 17.7 Å². The number of carbonyl (C=O) groups is 4. The maximum absolute atomic E-state index is 13.6. The molecule has 0 radical (unpaired) electrons. The van der Waals surface area contributed by atoms with Crippen molar-refractivity contribution in [2.75, 3.05) is 6.54 Å². The minimum Gasteiger partial charge on any atom is -0.444 e. The predicted octanol–water partition coefficient (Wildman–Crippen LogP) is 6.34. The zero-order chi connectivity index (χ0) is 35.3. The van der Waals surface area contributed by atoms with Crippen molar-refractivity contribution in [1.29, 1.82) is 0 Å². The molecule has 0 fully saturated rings. The fourth-order valence-electron chi connectivity index (χ4n) is 4.81. The first-order valence-corrected chi connectivity index (χ1v) is 15.4. The van der Waals surface area contributed by atoms with Gasteiger partial charge in [0.2, 0.25) is 0 Å². The van der Waals surface area contributed by atoms with Crippen molar-refractivity contribution in [2.24, 2.45) is 0 Å². The van der Waals surface area contributed by atoms with E-state index >= 15 is 0 Å². The lowest BCUT2D eigenvalue weighted by molar-refractivity contribution is -0.139. The average molecular weight is 654 g/mol. The number of hydrogen-bond acceptors (Lipinski definition) is 11. The molecule has 254 valence electrons. The fourth-order valence-corrected chi connectivity index (χ4v) is 4.81. The van der Waals surface area contributed by atoms with Crippen LogP contribution in [-0.2, 0) is 43.3 Å². The van der Waals surface area contributed by atoms with Crippen LogP contribution in [0.2, 0.25) is 0 Å². The average Bonchev–Trinajstić information content (AvgIpc) is 3.32. The van der Waals surface area contributed by atoms with Gasteiger partial charge in [0.15, 0.2) is 0 Å². The Morgan fingerprint density at radius 2 is 1.60 bits per heavy atom. The normalized spacial score (nSPS) is 11.8. The third-order valence-electron chi connectivity index (χ3n) is 6.61. The van der Waals surface area contributed by atoms with Gasteiger partial charge in [-0.1, -0.05) is 20.8 Å². The van der Waals surface area contributed by atoms with Gasteiger partial charge in [-0.2, -0.15) is 0 Å². The molecule has 1 amide bonds. The molecule has 0 bridgehead atoms. The summed E-state index contributed by atoms with van der Waals surface area (Å²) < 4.78 is 26.9. The maximum Gasteiger partial charge on any atom is 0.516 e. The molecule has 1 aliphatic heterocycles. The summed E-state index contributed by atoms with van der Waals surface area (Å²) in [6, 6.07) is 6.92. The van der Waals surface area contributed by atoms with Gasteiger partial charge in [0, 0.05) is 10.9 Å². The number of carbonyl (C=O) groups excluding carboxylic acids is 4. The van der Waals surface area contributed by atoms with E-state index in [2.05, 4.69) is 10.1 Å². The van der Waals surface area contributed by atoms with Crippen LogP contribution >= 0.6 is 0 Å². The number of fused-ring (bicyclic) bond motifs is 4. The number of nitrogens with one attached hydrogen (secondary N) is 1. The Kier molecular flexibility index (Phi) is 11.4. The Morgan fingerprint density at radius 1 is 0.936 bits per heavy atom. The molecule has 13 heteroatoms. The first kappa shape index (κ1) is 36.5. The Labute approximate surface area is 273 Å². The zero-order valence-corrected chi connectivity index (χ0v) is 28.6. The van der Waals surface area contributed by atoms with Crippen molar-refractivity contribution in [3.8, 4) is 17.1 Å². The van der Waals surface area contributed by atoms with E-state index in [4.69, 9.17) is 23.9 Å². The Balaban J connectivity index is 0.00000294. The van der Waals surface area contributed by atoms with Crippen LogP contribution in [-0.4, -0.2) is 51.7 Å². The summed E-state index contributed by atoms with van der Waals surface area (Å²) in [6.07, 6.45) is -2.36. The summed E-state index contributed by atoms with van der Waals surface area (Å²) in [5, 5.41) is 2.97. The minimum atomic E-state index is -1.32. The molecular weight excluding hydrogens is 610 g/mol. The molecule has 13 nitrogen and oxygen atoms in total. The van der Waals surface area contributed by atoms with E-state index in [1.165, 1.54) is 0 Å². The first-order chi connectivity index (χ1) is 22.0. The molecule has 1 N–H and O–H groups in total. The molecule has 47 heavy (non-hydrogen) atoms. The summed E-state index contributed by atoms with van der Waals surface area (Å²) >= 11 is 0. The molecule has 4 rings (SSSR count). The van der Waals surface area contributed by atoms with E-state index in [0.717, 1.165) is 16.5 Å². The summed E-state index contributed by atoms with van der Waals surface area (Å²) in [4.78, 5) is 66.4. The number of pyridine rings is 2. The number of aryl methyl sites for hydroxylation is 2. The van der Waals surface area contributed by atoms with E-state index in [1.54, 1.807) is 77.3 Å². The molecular formula is C34H43N3O10. The number of rotatable bonds is 6. The highest BCUT2D eigenvalue weighted by Crippen LogP contribution is 2.37. The second-order valence-corrected chi connectivity index (χ2v) is 12.5. The number of hydrogen-bond donors (Lipinski definition) is 1. The third kappa shape index (κ3) is 9.30. The molecule has 0 unspecified atom stereocenters. The lowest BCUT2D eigenvalue weighted by atomic mass is 9.98. The van der Waals surface area contributed by atoms with Crippen LogP contribution in [0.15, 0.2) is 29.1 Å². The topological polar surface area (TPSA) is 161 Å². The standard InChI is InChI=1S/C32H37N3O10.C2H6/c1-9-19-20-13-18(42-30(40)45-32(6,7)8)10-11-23(20)34-26-21(19)15-35-24(26)12-17(2)22(27(35)37)16-41-29(39)43-25(36)14-33-28(38)44-31(3,4)5;1-2/h10-13H,9,14-16H2,1-8H3,(H,33,38);1-2H3. The van der Waals surface area contributed by atoms with Gasteiger partial charge in [-0.3, -0.25) is 4.79 Å². The van der Waals surface area contributed by atoms with Gasteiger partial charge in [0.05, 0.1) is 29.0 Å². The highest BCUT2D eigenvalue weighted by molar-refractivity contribution is 5.89. The summed E-state index contributed by atoms with van der Waals surface area (Å²) in [7, 11) is 0. The summed E-state index contributed by atoms with van der Waals surface area (Å²) in [5.74, 6) is -0.754. The predicted molar refractivity (Wildman–Crippen MR) is 173 cm³/mol. The largest absolute Gasteiger partial charge is 0.516 e. The molecule has 0 aliphatic carbocycles. The van der Waals surface area contributed by atoms with Crippen LogP contribution in [0, 0.1) is 6.92 Å². The minimum absolute atomic E-state index is 0.207. The Morgan fingerprint density at radius 3 is 2.21 bits per heavy atom. The highest BCUT2D eigenvalue weighted by atomic mass is 16.7. The zero-order valence-electron chi connectivity index (χ0n) is 28.6. The molecule has 0 saturated carbocycles. The number of esters is 1. The van der Waals surface area contributed by atoms with Gasteiger partial charge in [-0.25, -0.2) is 24.2 Å². The third-order valence-corrected chi connectivity index (χ3v) is 6.61. The lowest BCUT2D eigenvalue weighted by Gasteiger charge is -2.19.